The first-order valence-corrected chi connectivity index (χ1v) is 7.93. The highest BCUT2D eigenvalue weighted by Gasteiger charge is 2.26. The number of nitrogens with one attached hydrogen (secondary N) is 1. The van der Waals surface area contributed by atoms with Crippen LogP contribution in [0.5, 0.6) is 0 Å². The molecule has 1 saturated carbocycles. The number of carboxylic acid groups (broad SMARTS) is 1. The van der Waals surface area contributed by atoms with Crippen LogP contribution in [0.4, 0.5) is 0 Å². The Bertz CT molecular complexity index is 385. The van der Waals surface area contributed by atoms with Crippen LogP contribution in [0, 0.1) is 5.92 Å². The largest absolute Gasteiger partial charge is 0.480 e. The van der Waals surface area contributed by atoms with Gasteiger partial charge in [-0.15, -0.1) is 6.58 Å². The van der Waals surface area contributed by atoms with Crippen molar-refractivity contribution in [3.8, 4) is 0 Å². The van der Waals surface area contributed by atoms with Crippen LogP contribution in [0.3, 0.4) is 0 Å². The Morgan fingerprint density at radius 1 is 1.39 bits per heavy atom. The van der Waals surface area contributed by atoms with E-state index in [2.05, 4.69) is 11.3 Å². The molecule has 0 spiro atoms. The molecule has 1 atom stereocenters. The maximum Gasteiger partial charge on any atom is 0.322 e. The molecule has 18 heavy (non-hydrogen) atoms. The van der Waals surface area contributed by atoms with E-state index in [1.165, 1.54) is 6.08 Å². The fourth-order valence-corrected chi connectivity index (χ4v) is 3.98. The second-order valence-corrected chi connectivity index (χ2v) is 6.62. The van der Waals surface area contributed by atoms with Crippen LogP contribution in [0.2, 0.25) is 0 Å². The van der Waals surface area contributed by atoms with Crippen LogP contribution in [-0.4, -0.2) is 31.3 Å². The molecule has 1 unspecified atom stereocenters. The monoisotopic (exact) mass is 275 g/mol. The number of rotatable bonds is 7. The van der Waals surface area contributed by atoms with E-state index in [0.717, 1.165) is 32.1 Å². The summed E-state index contributed by atoms with van der Waals surface area (Å²) in [6.07, 6.45) is 6.63. The first-order valence-electron chi connectivity index (χ1n) is 6.28. The summed E-state index contributed by atoms with van der Waals surface area (Å²) in [7, 11) is -3.53. The van der Waals surface area contributed by atoms with Gasteiger partial charge in [0, 0.05) is 0 Å². The van der Waals surface area contributed by atoms with Crippen molar-refractivity contribution in [2.24, 2.45) is 5.92 Å². The van der Waals surface area contributed by atoms with Gasteiger partial charge in [0.15, 0.2) is 0 Å². The lowest BCUT2D eigenvalue weighted by molar-refractivity contribution is -0.138. The molecule has 0 aromatic heterocycles. The van der Waals surface area contributed by atoms with E-state index in [0.29, 0.717) is 0 Å². The van der Waals surface area contributed by atoms with Gasteiger partial charge in [-0.25, -0.2) is 13.1 Å². The molecule has 104 valence electrons. The van der Waals surface area contributed by atoms with Crippen molar-refractivity contribution in [3.63, 3.8) is 0 Å². The molecule has 1 rings (SSSR count). The molecule has 5 nitrogen and oxygen atoms in total. The third kappa shape index (κ3) is 5.18. The summed E-state index contributed by atoms with van der Waals surface area (Å²) in [4.78, 5) is 10.9. The first kappa shape index (κ1) is 15.2. The van der Waals surface area contributed by atoms with Gasteiger partial charge in [-0.05, 0) is 25.2 Å². The van der Waals surface area contributed by atoms with E-state index in [1.807, 2.05) is 0 Å². The molecule has 0 aromatic carbocycles. The molecular weight excluding hydrogens is 254 g/mol. The number of hydrogen-bond donors (Lipinski definition) is 2. The van der Waals surface area contributed by atoms with Gasteiger partial charge in [-0.2, -0.15) is 0 Å². The fraction of sp³-hybridized carbons (Fsp3) is 0.750. The average molecular weight is 275 g/mol. The minimum absolute atomic E-state index is 0.0356. The predicted octanol–water partition coefficient (Wildman–Crippen LogP) is 1.52. The van der Waals surface area contributed by atoms with Crippen LogP contribution in [0.25, 0.3) is 0 Å². The fourth-order valence-electron chi connectivity index (χ4n) is 2.29. The Kier molecular flexibility index (Phi) is 5.81. The molecule has 1 aliphatic rings. The van der Waals surface area contributed by atoms with Gasteiger partial charge in [0.05, 0.1) is 5.75 Å². The molecule has 0 amide bonds. The van der Waals surface area contributed by atoms with E-state index in [9.17, 15) is 13.2 Å². The summed E-state index contributed by atoms with van der Waals surface area (Å²) in [6, 6.07) is -1.10. The Morgan fingerprint density at radius 3 is 2.50 bits per heavy atom. The molecule has 0 bridgehead atoms. The second-order valence-electron chi connectivity index (χ2n) is 4.82. The molecule has 1 fully saturated rings. The van der Waals surface area contributed by atoms with Crippen LogP contribution in [-0.2, 0) is 14.8 Å². The SMILES string of the molecule is C=CCC(NS(=O)(=O)CC1CCCCC1)C(=O)O. The van der Waals surface area contributed by atoms with Crippen molar-refractivity contribution < 1.29 is 18.3 Å². The van der Waals surface area contributed by atoms with Crippen molar-refractivity contribution in [3.05, 3.63) is 12.7 Å². The lowest BCUT2D eigenvalue weighted by atomic mass is 9.91. The van der Waals surface area contributed by atoms with Gasteiger partial charge >= 0.3 is 5.97 Å². The number of aliphatic carboxylic acids is 1. The van der Waals surface area contributed by atoms with E-state index in [4.69, 9.17) is 5.11 Å². The highest BCUT2D eigenvalue weighted by Crippen LogP contribution is 2.24. The molecule has 0 heterocycles. The van der Waals surface area contributed by atoms with Gasteiger partial charge in [-0.1, -0.05) is 25.3 Å². The first-order chi connectivity index (χ1) is 8.44. The molecule has 2 N–H and O–H groups in total. The predicted molar refractivity (Wildman–Crippen MR) is 69.7 cm³/mol. The summed E-state index contributed by atoms with van der Waals surface area (Å²) in [6.45, 7) is 3.43. The van der Waals surface area contributed by atoms with Crippen molar-refractivity contribution in [2.45, 2.75) is 44.6 Å². The number of carbonyl (C=O) groups is 1. The molecule has 6 heteroatoms. The maximum absolute atomic E-state index is 11.9. The molecular formula is C12H21NO4S. The number of carboxylic acids is 1. The zero-order chi connectivity index (χ0) is 13.6. The Labute approximate surface area is 108 Å². The van der Waals surface area contributed by atoms with Crippen LogP contribution in [0.15, 0.2) is 12.7 Å². The third-order valence-electron chi connectivity index (χ3n) is 3.20. The molecule has 1 aliphatic carbocycles. The third-order valence-corrected chi connectivity index (χ3v) is 4.76. The van der Waals surface area contributed by atoms with Crippen molar-refractivity contribution in [1.29, 1.82) is 0 Å². The number of sulfonamides is 1. The highest BCUT2D eigenvalue weighted by atomic mass is 32.2. The maximum atomic E-state index is 11.9. The zero-order valence-corrected chi connectivity index (χ0v) is 11.3. The van der Waals surface area contributed by atoms with Gasteiger partial charge < -0.3 is 5.11 Å². The summed E-state index contributed by atoms with van der Waals surface area (Å²) >= 11 is 0. The van der Waals surface area contributed by atoms with Gasteiger partial charge in [-0.3, -0.25) is 4.79 Å². The summed E-state index contributed by atoms with van der Waals surface area (Å²) < 4.78 is 26.0. The summed E-state index contributed by atoms with van der Waals surface area (Å²) in [5.41, 5.74) is 0. The van der Waals surface area contributed by atoms with Crippen molar-refractivity contribution in [1.82, 2.24) is 4.72 Å². The van der Waals surface area contributed by atoms with Crippen molar-refractivity contribution in [2.75, 3.05) is 5.75 Å². The molecule has 0 radical (unpaired) electrons. The minimum atomic E-state index is -3.53. The topological polar surface area (TPSA) is 83.5 Å². The van der Waals surface area contributed by atoms with E-state index >= 15 is 0 Å². The van der Waals surface area contributed by atoms with Crippen LogP contribution >= 0.6 is 0 Å². The average Bonchev–Trinajstić information content (AvgIpc) is 2.28. The lowest BCUT2D eigenvalue weighted by Gasteiger charge is -2.22. The number of hydrogen-bond acceptors (Lipinski definition) is 3. The van der Waals surface area contributed by atoms with Gasteiger partial charge in [0.25, 0.3) is 0 Å². The zero-order valence-electron chi connectivity index (χ0n) is 10.5. The lowest BCUT2D eigenvalue weighted by Crippen LogP contribution is -2.42. The Balaban J connectivity index is 2.56. The quantitative estimate of drug-likeness (QED) is 0.690. The molecule has 0 aromatic rings. The standard InChI is InChI=1S/C12H21NO4S/c1-2-6-11(12(14)15)13-18(16,17)9-10-7-4-3-5-8-10/h2,10-11,13H,1,3-9H2,(H,14,15). The Morgan fingerprint density at radius 2 is 2.00 bits per heavy atom. The van der Waals surface area contributed by atoms with Crippen LogP contribution < -0.4 is 4.72 Å². The van der Waals surface area contributed by atoms with Gasteiger partial charge in [0.1, 0.15) is 6.04 Å². The summed E-state index contributed by atoms with van der Waals surface area (Å²) in [5.74, 6) is -0.968. The van der Waals surface area contributed by atoms with E-state index < -0.39 is 22.0 Å². The second kappa shape index (κ2) is 6.89. The molecule has 0 saturated heterocycles. The summed E-state index contributed by atoms with van der Waals surface area (Å²) in [5, 5.41) is 8.90. The van der Waals surface area contributed by atoms with Gasteiger partial charge in [0.2, 0.25) is 10.0 Å². The minimum Gasteiger partial charge on any atom is -0.480 e. The van der Waals surface area contributed by atoms with Crippen molar-refractivity contribution >= 4 is 16.0 Å². The normalized spacial score (nSPS) is 19.3. The van der Waals surface area contributed by atoms with E-state index in [-0.39, 0.29) is 18.1 Å². The van der Waals surface area contributed by atoms with Crippen LogP contribution in [0.1, 0.15) is 38.5 Å². The highest BCUT2D eigenvalue weighted by molar-refractivity contribution is 7.89. The Hall–Kier alpha value is -0.880. The molecule has 0 aliphatic heterocycles. The van der Waals surface area contributed by atoms with E-state index in [1.54, 1.807) is 0 Å². The smallest absolute Gasteiger partial charge is 0.322 e.